The van der Waals surface area contributed by atoms with Gasteiger partial charge in [0, 0.05) is 4.83 Å². The van der Waals surface area contributed by atoms with E-state index in [1.807, 2.05) is 0 Å². The Morgan fingerprint density at radius 1 is 1.00 bits per heavy atom. The van der Waals surface area contributed by atoms with Crippen LogP contribution in [0.4, 0.5) is 0 Å². The molecular formula is C10H15BrO. The number of halogens is 1. The Bertz CT molecular complexity index is 188. The van der Waals surface area contributed by atoms with Crippen molar-refractivity contribution in [3.05, 3.63) is 0 Å². The van der Waals surface area contributed by atoms with Crippen LogP contribution in [0.15, 0.2) is 0 Å². The van der Waals surface area contributed by atoms with Gasteiger partial charge in [-0.25, -0.2) is 0 Å². The van der Waals surface area contributed by atoms with Gasteiger partial charge in [0.15, 0.2) is 0 Å². The van der Waals surface area contributed by atoms with Gasteiger partial charge in [0.1, 0.15) is 0 Å². The molecule has 4 unspecified atom stereocenters. The molecule has 0 heterocycles. The van der Waals surface area contributed by atoms with Crippen LogP contribution in [-0.4, -0.2) is 16.0 Å². The molecule has 1 N–H and O–H groups in total. The van der Waals surface area contributed by atoms with Gasteiger partial charge in [-0.2, -0.15) is 0 Å². The zero-order chi connectivity index (χ0) is 8.29. The molecular weight excluding hydrogens is 216 g/mol. The Kier molecular flexibility index (Phi) is 1.61. The van der Waals surface area contributed by atoms with Crippen LogP contribution in [0.25, 0.3) is 0 Å². The zero-order valence-corrected chi connectivity index (χ0v) is 8.70. The molecule has 4 aliphatic rings. The van der Waals surface area contributed by atoms with Crippen LogP contribution in [-0.2, 0) is 0 Å². The second kappa shape index (κ2) is 2.48. The van der Waals surface area contributed by atoms with E-state index in [9.17, 15) is 5.11 Å². The van der Waals surface area contributed by atoms with Gasteiger partial charge in [0.05, 0.1) is 6.10 Å². The SMILES string of the molecule is O[C@@H]1C2CC3CC(C2)[C@@H](Br)C1C3. The topological polar surface area (TPSA) is 20.2 Å². The quantitative estimate of drug-likeness (QED) is 0.633. The van der Waals surface area contributed by atoms with Crippen LogP contribution in [0.2, 0.25) is 0 Å². The number of alkyl halides is 1. The predicted octanol–water partition coefficient (Wildman–Crippen LogP) is 2.18. The number of aliphatic hydroxyl groups excluding tert-OH is 1. The molecule has 12 heavy (non-hydrogen) atoms. The third-order valence-electron chi connectivity index (χ3n) is 4.26. The van der Waals surface area contributed by atoms with Crippen LogP contribution in [0.1, 0.15) is 25.7 Å². The molecule has 0 saturated heterocycles. The van der Waals surface area contributed by atoms with Crippen molar-refractivity contribution >= 4 is 15.9 Å². The van der Waals surface area contributed by atoms with E-state index in [-0.39, 0.29) is 6.10 Å². The van der Waals surface area contributed by atoms with Crippen molar-refractivity contribution < 1.29 is 5.11 Å². The van der Waals surface area contributed by atoms with Gasteiger partial charge in [-0.3, -0.25) is 0 Å². The number of hydrogen-bond donors (Lipinski definition) is 1. The maximum atomic E-state index is 9.97. The predicted molar refractivity (Wildman–Crippen MR) is 51.1 cm³/mol. The highest BCUT2D eigenvalue weighted by Gasteiger charge is 2.52. The molecule has 4 fully saturated rings. The van der Waals surface area contributed by atoms with Crippen molar-refractivity contribution in [1.82, 2.24) is 0 Å². The number of rotatable bonds is 0. The first-order valence-corrected chi connectivity index (χ1v) is 5.99. The maximum absolute atomic E-state index is 9.97. The van der Waals surface area contributed by atoms with E-state index in [0.717, 1.165) is 11.8 Å². The second-order valence-corrected chi connectivity index (χ2v) is 5.99. The molecule has 0 aromatic carbocycles. The van der Waals surface area contributed by atoms with Gasteiger partial charge < -0.3 is 5.11 Å². The maximum Gasteiger partial charge on any atom is 0.0607 e. The van der Waals surface area contributed by atoms with Crippen molar-refractivity contribution in [2.45, 2.75) is 36.6 Å². The second-order valence-electron chi connectivity index (χ2n) is 4.93. The fourth-order valence-electron chi connectivity index (χ4n) is 3.81. The Balaban J connectivity index is 1.93. The highest BCUT2D eigenvalue weighted by atomic mass is 79.9. The average Bonchev–Trinajstić information content (AvgIpc) is 2.07. The lowest BCUT2D eigenvalue weighted by atomic mass is 9.55. The molecule has 0 radical (unpaired) electrons. The fraction of sp³-hybridized carbons (Fsp3) is 1.00. The van der Waals surface area contributed by atoms with Crippen LogP contribution < -0.4 is 0 Å². The molecule has 0 aliphatic heterocycles. The van der Waals surface area contributed by atoms with Gasteiger partial charge in [-0.1, -0.05) is 15.9 Å². The first kappa shape index (κ1) is 7.81. The molecule has 0 aromatic rings. The van der Waals surface area contributed by atoms with Gasteiger partial charge in [0.25, 0.3) is 0 Å². The largest absolute Gasteiger partial charge is 0.393 e. The summed E-state index contributed by atoms with van der Waals surface area (Å²) in [6.07, 6.45) is 5.32. The fourth-order valence-corrected chi connectivity index (χ4v) is 4.77. The van der Waals surface area contributed by atoms with Crippen molar-refractivity contribution in [2.75, 3.05) is 0 Å². The lowest BCUT2D eigenvalue weighted by molar-refractivity contribution is -0.0857. The summed E-state index contributed by atoms with van der Waals surface area (Å²) in [7, 11) is 0. The summed E-state index contributed by atoms with van der Waals surface area (Å²) in [5.41, 5.74) is 0. The van der Waals surface area contributed by atoms with E-state index in [4.69, 9.17) is 0 Å². The monoisotopic (exact) mass is 230 g/mol. The third-order valence-corrected chi connectivity index (χ3v) is 5.69. The molecule has 4 bridgehead atoms. The van der Waals surface area contributed by atoms with Crippen LogP contribution in [0.3, 0.4) is 0 Å². The van der Waals surface area contributed by atoms with E-state index >= 15 is 0 Å². The Morgan fingerprint density at radius 3 is 2.58 bits per heavy atom. The minimum atomic E-state index is 0.0159. The Hall–Kier alpha value is 0.440. The Morgan fingerprint density at radius 2 is 1.75 bits per heavy atom. The van der Waals surface area contributed by atoms with Crippen molar-refractivity contribution in [3.63, 3.8) is 0 Å². The summed E-state index contributed by atoms with van der Waals surface area (Å²) < 4.78 is 0. The van der Waals surface area contributed by atoms with Gasteiger partial charge in [-0.05, 0) is 49.4 Å². The van der Waals surface area contributed by atoms with E-state index < -0.39 is 0 Å². The number of aliphatic hydroxyl groups is 1. The highest BCUT2D eigenvalue weighted by Crippen LogP contribution is 2.55. The molecule has 6 atom stereocenters. The summed E-state index contributed by atoms with van der Waals surface area (Å²) in [6, 6.07) is 0. The first-order chi connectivity index (χ1) is 5.75. The Labute approximate surface area is 81.7 Å². The van der Waals surface area contributed by atoms with Crippen LogP contribution in [0.5, 0.6) is 0 Å². The molecule has 68 valence electrons. The average molecular weight is 231 g/mol. The summed E-state index contributed by atoms with van der Waals surface area (Å²) in [5.74, 6) is 3.08. The molecule has 0 aromatic heterocycles. The van der Waals surface area contributed by atoms with Gasteiger partial charge >= 0.3 is 0 Å². The number of hydrogen-bond acceptors (Lipinski definition) is 1. The van der Waals surface area contributed by atoms with Gasteiger partial charge in [-0.15, -0.1) is 0 Å². The van der Waals surface area contributed by atoms with E-state index in [0.29, 0.717) is 16.7 Å². The van der Waals surface area contributed by atoms with Crippen LogP contribution in [0, 0.1) is 23.7 Å². The van der Waals surface area contributed by atoms with Crippen molar-refractivity contribution in [3.8, 4) is 0 Å². The molecule has 2 heteroatoms. The molecule has 4 aliphatic carbocycles. The van der Waals surface area contributed by atoms with E-state index in [1.165, 1.54) is 25.7 Å². The normalized spacial score (nSPS) is 62.5. The van der Waals surface area contributed by atoms with Crippen molar-refractivity contribution in [2.24, 2.45) is 23.7 Å². The zero-order valence-electron chi connectivity index (χ0n) is 7.12. The smallest absolute Gasteiger partial charge is 0.0607 e. The lowest BCUT2D eigenvalue weighted by Crippen LogP contribution is -2.54. The van der Waals surface area contributed by atoms with Crippen molar-refractivity contribution in [1.29, 1.82) is 0 Å². The summed E-state index contributed by atoms with van der Waals surface area (Å²) >= 11 is 3.76. The highest BCUT2D eigenvalue weighted by molar-refractivity contribution is 9.09. The summed E-state index contributed by atoms with van der Waals surface area (Å²) in [4.78, 5) is 0.625. The van der Waals surface area contributed by atoms with Crippen LogP contribution >= 0.6 is 15.9 Å². The minimum absolute atomic E-state index is 0.0159. The van der Waals surface area contributed by atoms with Gasteiger partial charge in [0.2, 0.25) is 0 Å². The minimum Gasteiger partial charge on any atom is -0.393 e. The molecule has 4 saturated carbocycles. The molecule has 0 spiro atoms. The summed E-state index contributed by atoms with van der Waals surface area (Å²) in [6.45, 7) is 0. The van der Waals surface area contributed by atoms with E-state index in [1.54, 1.807) is 0 Å². The molecule has 4 rings (SSSR count). The van der Waals surface area contributed by atoms with E-state index in [2.05, 4.69) is 15.9 Å². The lowest BCUT2D eigenvalue weighted by Gasteiger charge is -2.55. The standard InChI is InChI=1S/C10H15BrO/c11-9-6-1-5-2-7(4-6)10(12)8(9)3-5/h5-10,12H,1-4H2/t5?,6?,7?,8?,9-,10-/m1/s1. The third kappa shape index (κ3) is 0.884. The molecule has 1 nitrogen and oxygen atoms in total. The first-order valence-electron chi connectivity index (χ1n) is 5.08. The molecule has 0 amide bonds. The summed E-state index contributed by atoms with van der Waals surface area (Å²) in [5, 5.41) is 9.97.